The van der Waals surface area contributed by atoms with Crippen LogP contribution < -0.4 is 0 Å². The van der Waals surface area contributed by atoms with Crippen LogP contribution >= 0.6 is 0 Å². The molecule has 0 aromatic rings. The van der Waals surface area contributed by atoms with Gasteiger partial charge in [-0.1, -0.05) is 39.0 Å². The fraction of sp³-hybridized carbons (Fsp3) is 0.917. The molecule has 82 valence electrons. The minimum Gasteiger partial charge on any atom is -0.465 e. The molecule has 0 aliphatic carbocycles. The van der Waals surface area contributed by atoms with E-state index in [0.29, 0.717) is 6.61 Å². The van der Waals surface area contributed by atoms with Gasteiger partial charge in [-0.3, -0.25) is 4.79 Å². The average molecular weight is 198 g/mol. The molecule has 0 spiro atoms. The lowest BCUT2D eigenvalue weighted by atomic mass is 9.95. The molecule has 1 aliphatic rings. The Kier molecular flexibility index (Phi) is 5.65. The van der Waals surface area contributed by atoms with Gasteiger partial charge in [0.25, 0.3) is 0 Å². The van der Waals surface area contributed by atoms with Crippen molar-refractivity contribution in [2.24, 2.45) is 5.92 Å². The molecule has 1 atom stereocenters. The average Bonchev–Trinajstić information content (AvgIpc) is 2.20. The zero-order chi connectivity index (χ0) is 10.2. The first-order chi connectivity index (χ1) is 6.84. The number of esters is 1. The first kappa shape index (κ1) is 11.5. The summed E-state index contributed by atoms with van der Waals surface area (Å²) in [7, 11) is 0. The van der Waals surface area contributed by atoms with Crippen LogP contribution in [0.15, 0.2) is 0 Å². The molecule has 0 aromatic carbocycles. The van der Waals surface area contributed by atoms with Crippen LogP contribution in [0, 0.1) is 5.92 Å². The maximum absolute atomic E-state index is 11.6. The summed E-state index contributed by atoms with van der Waals surface area (Å²) in [5, 5.41) is 0. The molecule has 14 heavy (non-hydrogen) atoms. The largest absolute Gasteiger partial charge is 0.465 e. The molecule has 1 rings (SSSR count). The van der Waals surface area contributed by atoms with E-state index in [9.17, 15) is 4.79 Å². The Labute approximate surface area is 87.0 Å². The Morgan fingerprint density at radius 2 is 1.93 bits per heavy atom. The van der Waals surface area contributed by atoms with E-state index in [2.05, 4.69) is 6.92 Å². The Bertz CT molecular complexity index is 166. The molecule has 1 unspecified atom stereocenters. The van der Waals surface area contributed by atoms with Crippen molar-refractivity contribution in [3.63, 3.8) is 0 Å². The Hall–Kier alpha value is -0.530. The van der Waals surface area contributed by atoms with Crippen LogP contribution in [0.5, 0.6) is 0 Å². The molecule has 0 saturated carbocycles. The highest BCUT2D eigenvalue weighted by molar-refractivity contribution is 5.72. The van der Waals surface area contributed by atoms with E-state index in [1.54, 1.807) is 0 Å². The SMILES string of the molecule is CCCC1CCCCCCCOC1=O. The van der Waals surface area contributed by atoms with Crippen LogP contribution in [-0.2, 0) is 9.53 Å². The van der Waals surface area contributed by atoms with Gasteiger partial charge in [0.2, 0.25) is 0 Å². The molecule has 1 heterocycles. The van der Waals surface area contributed by atoms with Gasteiger partial charge in [-0.25, -0.2) is 0 Å². The predicted molar refractivity (Wildman–Crippen MR) is 57.1 cm³/mol. The standard InChI is InChI=1S/C12H22O2/c1-2-8-11-9-6-4-3-5-7-10-14-12(11)13/h11H,2-10H2,1H3. The van der Waals surface area contributed by atoms with Crippen molar-refractivity contribution < 1.29 is 9.53 Å². The second-order valence-electron chi connectivity index (χ2n) is 4.21. The number of hydrogen-bond donors (Lipinski definition) is 0. The summed E-state index contributed by atoms with van der Waals surface area (Å²) in [5.74, 6) is 0.229. The highest BCUT2D eigenvalue weighted by atomic mass is 16.5. The smallest absolute Gasteiger partial charge is 0.308 e. The van der Waals surface area contributed by atoms with Gasteiger partial charge in [0, 0.05) is 0 Å². The maximum atomic E-state index is 11.6. The van der Waals surface area contributed by atoms with Crippen molar-refractivity contribution in [2.75, 3.05) is 6.61 Å². The lowest BCUT2D eigenvalue weighted by Gasteiger charge is -2.16. The summed E-state index contributed by atoms with van der Waals surface area (Å²) in [4.78, 5) is 11.6. The van der Waals surface area contributed by atoms with E-state index in [1.807, 2.05) is 0 Å². The van der Waals surface area contributed by atoms with Gasteiger partial charge in [0.1, 0.15) is 0 Å². The molecule has 0 N–H and O–H groups in total. The Morgan fingerprint density at radius 1 is 1.21 bits per heavy atom. The Morgan fingerprint density at radius 3 is 2.71 bits per heavy atom. The summed E-state index contributed by atoms with van der Waals surface area (Å²) in [5.41, 5.74) is 0. The predicted octanol–water partition coefficient (Wildman–Crippen LogP) is 3.30. The van der Waals surface area contributed by atoms with Crippen LogP contribution in [0.4, 0.5) is 0 Å². The highest BCUT2D eigenvalue weighted by Gasteiger charge is 2.18. The van der Waals surface area contributed by atoms with E-state index < -0.39 is 0 Å². The van der Waals surface area contributed by atoms with E-state index in [-0.39, 0.29) is 11.9 Å². The summed E-state index contributed by atoms with van der Waals surface area (Å²) in [6.07, 6.45) is 9.16. The number of cyclic esters (lactones) is 1. The zero-order valence-electron chi connectivity index (χ0n) is 9.26. The molecule has 0 amide bonds. The summed E-state index contributed by atoms with van der Waals surface area (Å²) < 4.78 is 5.24. The van der Waals surface area contributed by atoms with Crippen molar-refractivity contribution in [3.8, 4) is 0 Å². The quantitative estimate of drug-likeness (QED) is 0.636. The fourth-order valence-electron chi connectivity index (χ4n) is 2.04. The highest BCUT2D eigenvalue weighted by Crippen LogP contribution is 2.19. The third-order valence-electron chi connectivity index (χ3n) is 2.91. The molecule has 1 saturated heterocycles. The number of rotatable bonds is 2. The number of carbonyl (C=O) groups is 1. The topological polar surface area (TPSA) is 26.3 Å². The second kappa shape index (κ2) is 6.86. The van der Waals surface area contributed by atoms with Crippen LogP contribution in [-0.4, -0.2) is 12.6 Å². The van der Waals surface area contributed by atoms with Gasteiger partial charge >= 0.3 is 5.97 Å². The van der Waals surface area contributed by atoms with Gasteiger partial charge in [-0.2, -0.15) is 0 Å². The maximum Gasteiger partial charge on any atom is 0.308 e. The van der Waals surface area contributed by atoms with Gasteiger partial charge < -0.3 is 4.74 Å². The normalized spacial score (nSPS) is 25.5. The lowest BCUT2D eigenvalue weighted by molar-refractivity contribution is -0.149. The third-order valence-corrected chi connectivity index (χ3v) is 2.91. The molecule has 2 heteroatoms. The third kappa shape index (κ3) is 4.12. The van der Waals surface area contributed by atoms with Crippen molar-refractivity contribution in [1.82, 2.24) is 0 Å². The molecular weight excluding hydrogens is 176 g/mol. The molecule has 0 bridgehead atoms. The van der Waals surface area contributed by atoms with Crippen molar-refractivity contribution >= 4 is 5.97 Å². The minimum absolute atomic E-state index is 0.0498. The van der Waals surface area contributed by atoms with Crippen molar-refractivity contribution in [3.05, 3.63) is 0 Å². The summed E-state index contributed by atoms with van der Waals surface area (Å²) in [6, 6.07) is 0. The van der Waals surface area contributed by atoms with Crippen molar-refractivity contribution in [1.29, 1.82) is 0 Å². The van der Waals surface area contributed by atoms with Crippen molar-refractivity contribution in [2.45, 2.75) is 58.3 Å². The van der Waals surface area contributed by atoms with Gasteiger partial charge in [0.05, 0.1) is 12.5 Å². The van der Waals surface area contributed by atoms with E-state index in [1.165, 1.54) is 25.7 Å². The van der Waals surface area contributed by atoms with E-state index >= 15 is 0 Å². The second-order valence-corrected chi connectivity index (χ2v) is 4.21. The van der Waals surface area contributed by atoms with Crippen LogP contribution in [0.25, 0.3) is 0 Å². The van der Waals surface area contributed by atoms with Crippen LogP contribution in [0.2, 0.25) is 0 Å². The molecule has 1 fully saturated rings. The Balaban J connectivity index is 2.38. The van der Waals surface area contributed by atoms with Crippen LogP contribution in [0.3, 0.4) is 0 Å². The van der Waals surface area contributed by atoms with Crippen LogP contribution in [0.1, 0.15) is 58.3 Å². The zero-order valence-corrected chi connectivity index (χ0v) is 9.26. The number of carbonyl (C=O) groups excluding carboxylic acids is 1. The first-order valence-electron chi connectivity index (χ1n) is 6.01. The number of hydrogen-bond acceptors (Lipinski definition) is 2. The summed E-state index contributed by atoms with van der Waals surface area (Å²) in [6.45, 7) is 2.77. The van der Waals surface area contributed by atoms with E-state index in [0.717, 1.165) is 25.7 Å². The summed E-state index contributed by atoms with van der Waals surface area (Å²) >= 11 is 0. The lowest BCUT2D eigenvalue weighted by Crippen LogP contribution is -2.19. The monoisotopic (exact) mass is 198 g/mol. The molecule has 2 nitrogen and oxygen atoms in total. The molecule has 0 aromatic heterocycles. The van der Waals surface area contributed by atoms with Gasteiger partial charge in [-0.05, 0) is 19.3 Å². The molecule has 1 aliphatic heterocycles. The van der Waals surface area contributed by atoms with Gasteiger partial charge in [-0.15, -0.1) is 0 Å². The van der Waals surface area contributed by atoms with Gasteiger partial charge in [0.15, 0.2) is 0 Å². The van der Waals surface area contributed by atoms with E-state index in [4.69, 9.17) is 4.74 Å². The molecule has 0 radical (unpaired) electrons. The number of ether oxygens (including phenoxy) is 1. The molecular formula is C12H22O2. The minimum atomic E-state index is 0.0498. The first-order valence-corrected chi connectivity index (χ1v) is 6.01. The fourth-order valence-corrected chi connectivity index (χ4v) is 2.04.